The van der Waals surface area contributed by atoms with Gasteiger partial charge in [-0.1, -0.05) is 12.1 Å². The number of carbonyl (C=O) groups excluding carboxylic acids is 1. The Balaban J connectivity index is 0.00000200. The Labute approximate surface area is 125 Å². The fourth-order valence-corrected chi connectivity index (χ4v) is 2.10. The molecule has 1 aliphatic rings. The van der Waals surface area contributed by atoms with Gasteiger partial charge in [-0.2, -0.15) is 0 Å². The van der Waals surface area contributed by atoms with E-state index < -0.39 is 5.54 Å². The third-order valence-electron chi connectivity index (χ3n) is 3.42. The van der Waals surface area contributed by atoms with Gasteiger partial charge < -0.3 is 20.5 Å². The van der Waals surface area contributed by atoms with Crippen LogP contribution in [0.4, 0.5) is 0 Å². The van der Waals surface area contributed by atoms with E-state index in [4.69, 9.17) is 15.2 Å². The molecule has 0 atom stereocenters. The van der Waals surface area contributed by atoms with Gasteiger partial charge in [-0.15, -0.1) is 12.4 Å². The molecule has 1 saturated heterocycles. The molecule has 1 heterocycles. The first-order valence-corrected chi connectivity index (χ1v) is 6.42. The first-order chi connectivity index (χ1) is 9.14. The minimum Gasteiger partial charge on any atom is -0.497 e. The quantitative estimate of drug-likeness (QED) is 0.877. The second-order valence-corrected chi connectivity index (χ2v) is 4.80. The van der Waals surface area contributed by atoms with Gasteiger partial charge in [0.05, 0.1) is 12.6 Å². The number of nitrogens with one attached hydrogen (secondary N) is 1. The maximum atomic E-state index is 12.1. The van der Waals surface area contributed by atoms with Crippen molar-refractivity contribution in [2.45, 2.75) is 24.9 Å². The Morgan fingerprint density at radius 2 is 2.15 bits per heavy atom. The highest BCUT2D eigenvalue weighted by molar-refractivity contribution is 5.86. The Bertz CT molecular complexity index is 448. The largest absolute Gasteiger partial charge is 0.497 e. The summed E-state index contributed by atoms with van der Waals surface area (Å²) in [6.07, 6.45) is 1.13. The fraction of sp³-hybridized carbons (Fsp3) is 0.500. The van der Waals surface area contributed by atoms with Crippen molar-refractivity contribution in [3.05, 3.63) is 29.8 Å². The number of nitrogens with two attached hydrogens (primary N) is 1. The number of carbonyl (C=O) groups is 1. The molecular formula is C14H21ClN2O3. The second-order valence-electron chi connectivity index (χ2n) is 4.80. The van der Waals surface area contributed by atoms with Crippen molar-refractivity contribution < 1.29 is 14.3 Å². The van der Waals surface area contributed by atoms with Gasteiger partial charge in [0.15, 0.2) is 0 Å². The lowest BCUT2D eigenvalue weighted by atomic mass is 9.90. The fourth-order valence-electron chi connectivity index (χ4n) is 2.10. The molecule has 112 valence electrons. The molecular weight excluding hydrogens is 280 g/mol. The smallest absolute Gasteiger partial charge is 0.240 e. The third-order valence-corrected chi connectivity index (χ3v) is 3.42. The van der Waals surface area contributed by atoms with E-state index >= 15 is 0 Å². The molecule has 0 radical (unpaired) electrons. The Hall–Kier alpha value is -1.30. The van der Waals surface area contributed by atoms with Gasteiger partial charge >= 0.3 is 0 Å². The SMILES string of the molecule is COc1cccc(CNC(=O)C2(N)CCOCC2)c1.Cl. The van der Waals surface area contributed by atoms with Crippen molar-refractivity contribution in [3.63, 3.8) is 0 Å². The molecule has 0 spiro atoms. The summed E-state index contributed by atoms with van der Waals surface area (Å²) in [5, 5.41) is 2.89. The van der Waals surface area contributed by atoms with E-state index in [0.717, 1.165) is 11.3 Å². The molecule has 5 nitrogen and oxygen atoms in total. The first-order valence-electron chi connectivity index (χ1n) is 6.42. The van der Waals surface area contributed by atoms with E-state index in [1.54, 1.807) is 7.11 Å². The van der Waals surface area contributed by atoms with Crippen molar-refractivity contribution in [2.75, 3.05) is 20.3 Å². The van der Waals surface area contributed by atoms with Crippen LogP contribution in [-0.2, 0) is 16.1 Å². The predicted octanol–water partition coefficient (Wildman–Crippen LogP) is 1.24. The van der Waals surface area contributed by atoms with Crippen molar-refractivity contribution >= 4 is 18.3 Å². The third kappa shape index (κ3) is 4.10. The Kier molecular flexibility index (Phi) is 6.26. The van der Waals surface area contributed by atoms with Crippen LogP contribution in [0.5, 0.6) is 5.75 Å². The van der Waals surface area contributed by atoms with Gasteiger partial charge in [-0.3, -0.25) is 4.79 Å². The van der Waals surface area contributed by atoms with E-state index in [0.29, 0.717) is 32.6 Å². The Morgan fingerprint density at radius 1 is 1.45 bits per heavy atom. The summed E-state index contributed by atoms with van der Waals surface area (Å²) in [7, 11) is 1.62. The van der Waals surface area contributed by atoms with Crippen LogP contribution in [0.3, 0.4) is 0 Å². The van der Waals surface area contributed by atoms with E-state index in [2.05, 4.69) is 5.32 Å². The number of amides is 1. The lowest BCUT2D eigenvalue weighted by Crippen LogP contribution is -2.56. The number of rotatable bonds is 4. The van der Waals surface area contributed by atoms with Crippen LogP contribution in [0.25, 0.3) is 0 Å². The van der Waals surface area contributed by atoms with Crippen LogP contribution in [0.2, 0.25) is 0 Å². The van der Waals surface area contributed by atoms with Crippen LogP contribution < -0.4 is 15.8 Å². The molecule has 1 aromatic carbocycles. The number of hydrogen-bond donors (Lipinski definition) is 2. The Morgan fingerprint density at radius 3 is 2.80 bits per heavy atom. The standard InChI is InChI=1S/C14H20N2O3.ClH/c1-18-12-4-2-3-11(9-12)10-16-13(17)14(15)5-7-19-8-6-14;/h2-4,9H,5-8,10,15H2,1H3,(H,16,17);1H. The van der Waals surface area contributed by atoms with Crippen LogP contribution >= 0.6 is 12.4 Å². The maximum absolute atomic E-state index is 12.1. The monoisotopic (exact) mass is 300 g/mol. The van der Waals surface area contributed by atoms with Crippen molar-refractivity contribution in [2.24, 2.45) is 5.73 Å². The van der Waals surface area contributed by atoms with Crippen LogP contribution in [-0.4, -0.2) is 31.8 Å². The van der Waals surface area contributed by atoms with Crippen LogP contribution in [0, 0.1) is 0 Å². The summed E-state index contributed by atoms with van der Waals surface area (Å²) in [6.45, 7) is 1.54. The molecule has 0 aliphatic carbocycles. The van der Waals surface area contributed by atoms with Crippen LogP contribution in [0.1, 0.15) is 18.4 Å². The summed E-state index contributed by atoms with van der Waals surface area (Å²) in [4.78, 5) is 12.1. The molecule has 0 unspecified atom stereocenters. The minimum absolute atomic E-state index is 0. The predicted molar refractivity (Wildman–Crippen MR) is 79.1 cm³/mol. The molecule has 3 N–H and O–H groups in total. The summed E-state index contributed by atoms with van der Waals surface area (Å²) < 4.78 is 10.4. The lowest BCUT2D eigenvalue weighted by Gasteiger charge is -2.31. The number of benzene rings is 1. The first kappa shape index (κ1) is 16.8. The van der Waals surface area contributed by atoms with Crippen LogP contribution in [0.15, 0.2) is 24.3 Å². The lowest BCUT2D eigenvalue weighted by molar-refractivity contribution is -0.129. The molecule has 1 amide bonds. The van der Waals surface area contributed by atoms with Gasteiger partial charge in [-0.25, -0.2) is 0 Å². The van der Waals surface area contributed by atoms with E-state index in [9.17, 15) is 4.79 Å². The molecule has 1 aromatic rings. The normalized spacial score (nSPS) is 16.9. The summed E-state index contributed by atoms with van der Waals surface area (Å²) in [5.41, 5.74) is 6.30. The van der Waals surface area contributed by atoms with Crippen molar-refractivity contribution in [1.29, 1.82) is 0 Å². The van der Waals surface area contributed by atoms with Gasteiger partial charge in [0.2, 0.25) is 5.91 Å². The van der Waals surface area contributed by atoms with E-state index in [1.807, 2.05) is 24.3 Å². The highest BCUT2D eigenvalue weighted by Crippen LogP contribution is 2.18. The maximum Gasteiger partial charge on any atom is 0.240 e. The molecule has 1 aliphatic heterocycles. The topological polar surface area (TPSA) is 73.6 Å². The molecule has 0 bridgehead atoms. The van der Waals surface area contributed by atoms with Gasteiger partial charge in [-0.05, 0) is 30.5 Å². The molecule has 0 aromatic heterocycles. The molecule has 0 saturated carbocycles. The van der Waals surface area contributed by atoms with Gasteiger partial charge in [0.1, 0.15) is 5.75 Å². The summed E-state index contributed by atoms with van der Waals surface area (Å²) in [6, 6.07) is 7.60. The highest BCUT2D eigenvalue weighted by atomic mass is 35.5. The number of hydrogen-bond acceptors (Lipinski definition) is 4. The molecule has 1 fully saturated rings. The zero-order valence-electron chi connectivity index (χ0n) is 11.6. The highest BCUT2D eigenvalue weighted by Gasteiger charge is 2.35. The number of halogens is 1. The van der Waals surface area contributed by atoms with E-state index in [-0.39, 0.29) is 18.3 Å². The molecule has 6 heteroatoms. The summed E-state index contributed by atoms with van der Waals surface area (Å²) in [5.74, 6) is 0.666. The van der Waals surface area contributed by atoms with Gasteiger partial charge in [0, 0.05) is 19.8 Å². The number of ether oxygens (including phenoxy) is 2. The minimum atomic E-state index is -0.795. The van der Waals surface area contributed by atoms with E-state index in [1.165, 1.54) is 0 Å². The number of methoxy groups -OCH3 is 1. The van der Waals surface area contributed by atoms with Crippen molar-refractivity contribution in [1.82, 2.24) is 5.32 Å². The zero-order chi connectivity index (χ0) is 13.7. The average Bonchev–Trinajstić information content (AvgIpc) is 2.45. The van der Waals surface area contributed by atoms with Gasteiger partial charge in [0.25, 0.3) is 0 Å². The average molecular weight is 301 g/mol. The molecule has 20 heavy (non-hydrogen) atoms. The summed E-state index contributed by atoms with van der Waals surface area (Å²) >= 11 is 0. The molecule has 2 rings (SSSR count). The second kappa shape index (κ2) is 7.47. The van der Waals surface area contributed by atoms with Crippen molar-refractivity contribution in [3.8, 4) is 5.75 Å². The zero-order valence-corrected chi connectivity index (χ0v) is 12.4.